The molecule has 0 aromatic heterocycles. The highest BCUT2D eigenvalue weighted by atomic mass is 79.9. The number of benzene rings is 2. The molecule has 2 rings (SSSR count). The molecule has 0 radical (unpaired) electrons. The molecule has 0 saturated heterocycles. The number of nitriles is 1. The zero-order chi connectivity index (χ0) is 15.6. The molecule has 106 valence electrons. The molecule has 0 aliphatic heterocycles. The molecule has 0 spiro atoms. The van der Waals surface area contributed by atoms with Crippen molar-refractivity contribution in [3.63, 3.8) is 0 Å². The second-order valence-electron chi connectivity index (χ2n) is 4.31. The number of hydrogen-bond donors (Lipinski definition) is 1. The van der Waals surface area contributed by atoms with Crippen LogP contribution in [-0.2, 0) is 0 Å². The van der Waals surface area contributed by atoms with Crippen molar-refractivity contribution >= 4 is 27.5 Å². The van der Waals surface area contributed by atoms with Crippen molar-refractivity contribution in [2.45, 2.75) is 6.92 Å². The molecule has 0 aliphatic carbocycles. The van der Waals surface area contributed by atoms with Crippen LogP contribution >= 0.6 is 15.9 Å². The number of carbonyl (C=O) groups is 1. The van der Waals surface area contributed by atoms with E-state index in [1.54, 1.807) is 19.1 Å². The lowest BCUT2D eigenvalue weighted by Gasteiger charge is -2.10. The summed E-state index contributed by atoms with van der Waals surface area (Å²) in [5, 5.41) is 11.4. The Morgan fingerprint density at radius 2 is 1.90 bits per heavy atom. The maximum absolute atomic E-state index is 13.7. The van der Waals surface area contributed by atoms with Crippen molar-refractivity contribution in [2.75, 3.05) is 5.32 Å². The van der Waals surface area contributed by atoms with Gasteiger partial charge in [-0.1, -0.05) is 28.1 Å². The molecule has 0 aliphatic rings. The zero-order valence-corrected chi connectivity index (χ0v) is 12.5. The summed E-state index contributed by atoms with van der Waals surface area (Å²) in [7, 11) is 0. The van der Waals surface area contributed by atoms with E-state index in [2.05, 4.69) is 21.2 Å². The van der Waals surface area contributed by atoms with E-state index in [9.17, 15) is 13.6 Å². The van der Waals surface area contributed by atoms with Gasteiger partial charge < -0.3 is 5.32 Å². The SMILES string of the molecule is Cc1cccc(NC(=O)c2c(F)cc(Br)cc2F)c1C#N. The molecule has 2 aromatic rings. The summed E-state index contributed by atoms with van der Waals surface area (Å²) in [6, 6.07) is 8.79. The van der Waals surface area contributed by atoms with Crippen molar-refractivity contribution in [3.8, 4) is 6.07 Å². The van der Waals surface area contributed by atoms with Gasteiger partial charge in [0.15, 0.2) is 0 Å². The number of nitrogens with zero attached hydrogens (tertiary/aromatic N) is 1. The van der Waals surface area contributed by atoms with Crippen LogP contribution in [0.3, 0.4) is 0 Å². The Kier molecular flexibility index (Phi) is 4.34. The second-order valence-corrected chi connectivity index (χ2v) is 5.22. The molecule has 0 saturated carbocycles. The van der Waals surface area contributed by atoms with Gasteiger partial charge in [-0.3, -0.25) is 4.79 Å². The number of hydrogen-bond acceptors (Lipinski definition) is 2. The van der Waals surface area contributed by atoms with Crippen LogP contribution < -0.4 is 5.32 Å². The first-order valence-electron chi connectivity index (χ1n) is 5.89. The maximum atomic E-state index is 13.7. The van der Waals surface area contributed by atoms with E-state index in [1.165, 1.54) is 6.07 Å². The van der Waals surface area contributed by atoms with E-state index >= 15 is 0 Å². The predicted molar refractivity (Wildman–Crippen MR) is 77.9 cm³/mol. The van der Waals surface area contributed by atoms with Gasteiger partial charge in [0.1, 0.15) is 23.3 Å². The highest BCUT2D eigenvalue weighted by molar-refractivity contribution is 9.10. The predicted octanol–water partition coefficient (Wildman–Crippen LogP) is 4.16. The molecule has 0 heterocycles. The zero-order valence-electron chi connectivity index (χ0n) is 10.9. The van der Waals surface area contributed by atoms with Gasteiger partial charge in [-0.15, -0.1) is 0 Å². The standard InChI is InChI=1S/C15H9BrF2N2O/c1-8-3-2-4-13(10(8)7-19)20-15(21)14-11(17)5-9(16)6-12(14)18/h2-6H,1H3,(H,20,21). The molecular weight excluding hydrogens is 342 g/mol. The Balaban J connectivity index is 2.41. The fourth-order valence-corrected chi connectivity index (χ4v) is 2.27. The number of carbonyl (C=O) groups excluding carboxylic acids is 1. The van der Waals surface area contributed by atoms with Gasteiger partial charge in [-0.2, -0.15) is 5.26 Å². The third-order valence-electron chi connectivity index (χ3n) is 2.87. The summed E-state index contributed by atoms with van der Waals surface area (Å²) >= 11 is 2.94. The Bertz CT molecular complexity index is 746. The minimum Gasteiger partial charge on any atom is -0.321 e. The topological polar surface area (TPSA) is 52.9 Å². The number of halogens is 3. The average molecular weight is 351 g/mol. The summed E-state index contributed by atoms with van der Waals surface area (Å²) in [5.41, 5.74) is 0.434. The minimum absolute atomic E-state index is 0.197. The smallest absolute Gasteiger partial charge is 0.261 e. The summed E-state index contributed by atoms with van der Waals surface area (Å²) < 4.78 is 27.7. The summed E-state index contributed by atoms with van der Waals surface area (Å²) in [4.78, 5) is 12.0. The third kappa shape index (κ3) is 3.09. The quantitative estimate of drug-likeness (QED) is 0.883. The third-order valence-corrected chi connectivity index (χ3v) is 3.32. The van der Waals surface area contributed by atoms with Crippen LogP contribution in [0.25, 0.3) is 0 Å². The lowest BCUT2D eigenvalue weighted by molar-refractivity contribution is 0.101. The Morgan fingerprint density at radius 1 is 1.29 bits per heavy atom. The first kappa shape index (κ1) is 15.1. The largest absolute Gasteiger partial charge is 0.321 e. The van der Waals surface area contributed by atoms with Crippen molar-refractivity contribution in [1.29, 1.82) is 5.26 Å². The van der Waals surface area contributed by atoms with Crippen LogP contribution in [-0.4, -0.2) is 5.91 Å². The monoisotopic (exact) mass is 350 g/mol. The Labute approximate surface area is 128 Å². The van der Waals surface area contributed by atoms with E-state index in [0.717, 1.165) is 12.1 Å². The molecular formula is C15H9BrF2N2O. The van der Waals surface area contributed by atoms with E-state index in [4.69, 9.17) is 5.26 Å². The number of amides is 1. The van der Waals surface area contributed by atoms with Crippen LogP contribution in [0.1, 0.15) is 21.5 Å². The molecule has 1 N–H and O–H groups in total. The Hall–Kier alpha value is -2.26. The summed E-state index contributed by atoms with van der Waals surface area (Å²) in [5.74, 6) is -2.91. The molecule has 0 atom stereocenters. The van der Waals surface area contributed by atoms with Crippen molar-refractivity contribution < 1.29 is 13.6 Å². The van der Waals surface area contributed by atoms with Crippen molar-refractivity contribution in [1.82, 2.24) is 0 Å². The van der Waals surface area contributed by atoms with E-state index in [1.807, 2.05) is 6.07 Å². The van der Waals surface area contributed by atoms with Gasteiger partial charge in [-0.25, -0.2) is 8.78 Å². The summed E-state index contributed by atoms with van der Waals surface area (Å²) in [6.45, 7) is 1.70. The van der Waals surface area contributed by atoms with Gasteiger partial charge in [0, 0.05) is 4.47 Å². The van der Waals surface area contributed by atoms with E-state index in [0.29, 0.717) is 5.56 Å². The fraction of sp³-hybridized carbons (Fsp3) is 0.0667. The van der Waals surface area contributed by atoms with Crippen LogP contribution in [0, 0.1) is 29.9 Å². The van der Waals surface area contributed by atoms with E-state index < -0.39 is 23.1 Å². The first-order valence-corrected chi connectivity index (χ1v) is 6.69. The fourth-order valence-electron chi connectivity index (χ4n) is 1.86. The summed E-state index contributed by atoms with van der Waals surface area (Å²) in [6.07, 6.45) is 0. The van der Waals surface area contributed by atoms with Gasteiger partial charge in [-0.05, 0) is 30.7 Å². The van der Waals surface area contributed by atoms with Gasteiger partial charge in [0.25, 0.3) is 5.91 Å². The molecule has 0 unspecified atom stereocenters. The second kappa shape index (κ2) is 6.02. The highest BCUT2D eigenvalue weighted by Gasteiger charge is 2.19. The lowest BCUT2D eigenvalue weighted by Crippen LogP contribution is -2.17. The molecule has 6 heteroatoms. The van der Waals surface area contributed by atoms with Gasteiger partial charge >= 0.3 is 0 Å². The minimum atomic E-state index is -0.981. The van der Waals surface area contributed by atoms with Crippen molar-refractivity contribution in [2.24, 2.45) is 0 Å². The van der Waals surface area contributed by atoms with Crippen LogP contribution in [0.4, 0.5) is 14.5 Å². The molecule has 0 bridgehead atoms. The number of nitrogens with one attached hydrogen (secondary N) is 1. The molecule has 21 heavy (non-hydrogen) atoms. The van der Waals surface area contributed by atoms with Crippen LogP contribution in [0.2, 0.25) is 0 Å². The van der Waals surface area contributed by atoms with Crippen LogP contribution in [0.15, 0.2) is 34.8 Å². The van der Waals surface area contributed by atoms with Gasteiger partial charge in [0.05, 0.1) is 11.3 Å². The van der Waals surface area contributed by atoms with Crippen molar-refractivity contribution in [3.05, 3.63) is 63.1 Å². The molecule has 2 aromatic carbocycles. The first-order chi connectivity index (χ1) is 9.93. The number of anilines is 1. The van der Waals surface area contributed by atoms with E-state index in [-0.39, 0.29) is 15.7 Å². The van der Waals surface area contributed by atoms with Gasteiger partial charge in [0.2, 0.25) is 0 Å². The maximum Gasteiger partial charge on any atom is 0.261 e. The Morgan fingerprint density at radius 3 is 2.48 bits per heavy atom. The molecule has 1 amide bonds. The lowest BCUT2D eigenvalue weighted by atomic mass is 10.1. The average Bonchev–Trinajstić information content (AvgIpc) is 2.37. The number of rotatable bonds is 2. The number of aryl methyl sites for hydroxylation is 1. The normalized spacial score (nSPS) is 10.0. The van der Waals surface area contributed by atoms with Crippen LogP contribution in [0.5, 0.6) is 0 Å². The molecule has 3 nitrogen and oxygen atoms in total. The highest BCUT2D eigenvalue weighted by Crippen LogP contribution is 2.23. The molecule has 0 fully saturated rings.